The molecule has 0 saturated heterocycles. The molecule has 10 heterocycles. The molecule has 18 aromatic rings. The van der Waals surface area contributed by atoms with Crippen molar-refractivity contribution in [3.8, 4) is 152 Å². The molecule has 0 aliphatic heterocycles. The van der Waals surface area contributed by atoms with E-state index in [2.05, 4.69) is 209 Å². The molecule has 18 heteroatoms. The van der Waals surface area contributed by atoms with E-state index in [1.165, 1.54) is 142 Å². The summed E-state index contributed by atoms with van der Waals surface area (Å²) in [5, 5.41) is 0. The molecular formula is C99H66N12O6. The fraction of sp³-hybridized carbons (Fsp3) is 0. The molecule has 0 N–H and O–H groups in total. The Bertz CT molecular complexity index is 5420. The lowest BCUT2D eigenvalue weighted by Gasteiger charge is -2.13. The van der Waals surface area contributed by atoms with Gasteiger partial charge in [-0.2, -0.15) is 0 Å². The van der Waals surface area contributed by atoms with E-state index >= 15 is 0 Å². The van der Waals surface area contributed by atoms with Crippen LogP contribution < -0.4 is 14.2 Å². The van der Waals surface area contributed by atoms with Crippen LogP contribution in [-0.2, 0) is 0 Å². The highest BCUT2D eigenvalue weighted by Crippen LogP contribution is 2.38. The Morgan fingerprint density at radius 1 is 0.154 bits per heavy atom. The molecule has 0 amide bonds. The minimum absolute atomic E-state index is 0.00867. The number of nitrogens with zero attached hydrogens (tertiary/aromatic N) is 12. The van der Waals surface area contributed by atoms with Crippen LogP contribution in [0.15, 0.2) is 403 Å². The van der Waals surface area contributed by atoms with Crippen molar-refractivity contribution in [3.63, 3.8) is 0 Å². The molecule has 8 aromatic carbocycles. The third-order valence-electron chi connectivity index (χ3n) is 19.0. The van der Waals surface area contributed by atoms with Crippen LogP contribution in [0.2, 0.25) is 0 Å². The van der Waals surface area contributed by atoms with Crippen LogP contribution in [0.1, 0.15) is 31.1 Å². The monoisotopic (exact) mass is 1520 g/mol. The van der Waals surface area contributed by atoms with Gasteiger partial charge in [0.25, 0.3) is 0 Å². The molecule has 0 fully saturated rings. The van der Waals surface area contributed by atoms with Crippen molar-refractivity contribution in [1.82, 2.24) is 59.8 Å². The van der Waals surface area contributed by atoms with Crippen molar-refractivity contribution in [2.24, 2.45) is 0 Å². The SMILES string of the molecule is O=C(Oc1cc(OC(=O)c2ccncc2)cc(OC(=O)c2ccncc2)c1)c1ccncc1.c1cc(-c2ccc(-c3cc(-c4ccc(-c5ccncc5)cc4)cc(-c4ccc(-c5ccncc5)cc4)c3)cc2)ccn1.c1cc(-c2ccc(-c3nc(-c4ccc(-c5ccncc5)cc4)nc(-c4ccc(-c5ccncc5)cc4)n3)cc2)ccn1. The van der Waals surface area contributed by atoms with Crippen LogP contribution >= 0.6 is 0 Å². The van der Waals surface area contributed by atoms with Crippen LogP contribution in [0.5, 0.6) is 17.2 Å². The maximum atomic E-state index is 12.4. The molecule has 117 heavy (non-hydrogen) atoms. The second-order valence-electron chi connectivity index (χ2n) is 26.5. The number of carbonyl (C=O) groups excluding carboxylic acids is 3. The quantitative estimate of drug-likeness (QED) is 0.0573. The largest absolute Gasteiger partial charge is 0.423 e. The van der Waals surface area contributed by atoms with Crippen molar-refractivity contribution >= 4 is 17.9 Å². The highest BCUT2D eigenvalue weighted by Gasteiger charge is 2.19. The number of carbonyl (C=O) groups is 3. The summed E-state index contributed by atoms with van der Waals surface area (Å²) in [7, 11) is 0. The summed E-state index contributed by atoms with van der Waals surface area (Å²) in [6, 6.07) is 95.2. The van der Waals surface area contributed by atoms with E-state index in [9.17, 15) is 14.4 Å². The smallest absolute Gasteiger partial charge is 0.343 e. The predicted octanol–water partition coefficient (Wildman–Crippen LogP) is 21.5. The molecule has 18 rings (SSSR count). The number of benzene rings is 8. The van der Waals surface area contributed by atoms with Gasteiger partial charge in [-0.15, -0.1) is 0 Å². The first-order valence-corrected chi connectivity index (χ1v) is 37.2. The molecule has 0 bridgehead atoms. The van der Waals surface area contributed by atoms with E-state index in [-0.39, 0.29) is 33.9 Å². The summed E-state index contributed by atoms with van der Waals surface area (Å²) >= 11 is 0. The number of esters is 3. The van der Waals surface area contributed by atoms with Gasteiger partial charge in [-0.3, -0.25) is 44.9 Å². The lowest BCUT2D eigenvalue weighted by molar-refractivity contribution is 0.0730. The first-order chi connectivity index (χ1) is 57.7. The normalized spacial score (nSPS) is 10.7. The molecule has 10 aromatic heterocycles. The molecule has 18 nitrogen and oxygen atoms in total. The molecular weight excluding hydrogens is 1450 g/mol. The number of hydrogen-bond donors (Lipinski definition) is 0. The van der Waals surface area contributed by atoms with Crippen LogP contribution in [0, 0.1) is 0 Å². The average Bonchev–Trinajstić information content (AvgIpc) is 0.796. The van der Waals surface area contributed by atoms with Crippen molar-refractivity contribution in [2.75, 3.05) is 0 Å². The average molecular weight is 1520 g/mol. The Kier molecular flexibility index (Phi) is 23.0. The second-order valence-corrected chi connectivity index (χ2v) is 26.5. The predicted molar refractivity (Wildman–Crippen MR) is 452 cm³/mol. The van der Waals surface area contributed by atoms with Crippen LogP contribution in [0.4, 0.5) is 0 Å². The molecule has 0 unspecified atom stereocenters. The highest BCUT2D eigenvalue weighted by atomic mass is 16.6. The van der Waals surface area contributed by atoms with E-state index in [0.29, 0.717) is 17.5 Å². The first-order valence-electron chi connectivity index (χ1n) is 37.2. The van der Waals surface area contributed by atoms with Crippen molar-refractivity contribution < 1.29 is 28.6 Å². The standard InChI is InChI=1S/C39H27N3.C36H24N6.C24H15N3O6/c1-7-31(8-2-28(1)34-13-19-40-20-14-34)37-25-38(32-9-3-29(4-10-32)35-15-21-41-22-16-35)27-39(26-37)33-11-5-30(6-12-33)36-17-23-42-24-18-36;1-7-31(8-2-25(1)28-13-19-37-20-14-28)34-40-35(32-9-3-26(4-10-32)29-15-21-38-22-16-29)42-36(41-34)33-11-5-27(6-12-33)30-17-23-39-24-18-30;28-22(16-1-7-25-8-2-16)31-19-13-20(32-23(29)17-3-9-26-10-4-17)15-21(14-19)33-24(30)18-5-11-27-12-6-18/h1-27H;1-24H;1-15H. The lowest BCUT2D eigenvalue weighted by atomic mass is 9.91. The molecule has 0 atom stereocenters. The summed E-state index contributed by atoms with van der Waals surface area (Å²) in [5.41, 5.74) is 24.3. The Morgan fingerprint density at radius 3 is 0.462 bits per heavy atom. The molecule has 558 valence electrons. The Labute approximate surface area is 673 Å². The third-order valence-corrected chi connectivity index (χ3v) is 19.0. The van der Waals surface area contributed by atoms with E-state index in [0.717, 1.165) is 66.8 Å². The van der Waals surface area contributed by atoms with Gasteiger partial charge in [0.15, 0.2) is 17.5 Å². The zero-order chi connectivity index (χ0) is 79.3. The van der Waals surface area contributed by atoms with Crippen molar-refractivity contribution in [1.29, 1.82) is 0 Å². The van der Waals surface area contributed by atoms with Gasteiger partial charge in [-0.25, -0.2) is 29.3 Å². The zero-order valence-corrected chi connectivity index (χ0v) is 62.4. The highest BCUT2D eigenvalue weighted by molar-refractivity contribution is 5.94. The number of hydrogen-bond acceptors (Lipinski definition) is 18. The van der Waals surface area contributed by atoms with Crippen LogP contribution in [0.3, 0.4) is 0 Å². The minimum atomic E-state index is -0.665. The maximum absolute atomic E-state index is 12.4. The maximum Gasteiger partial charge on any atom is 0.343 e. The van der Waals surface area contributed by atoms with Gasteiger partial charge >= 0.3 is 17.9 Å². The Hall–Kier alpha value is -16.5. The summed E-state index contributed by atoms with van der Waals surface area (Å²) in [4.78, 5) is 88.5. The summed E-state index contributed by atoms with van der Waals surface area (Å²) in [5.74, 6) is -0.115. The van der Waals surface area contributed by atoms with Gasteiger partial charge in [0.2, 0.25) is 0 Å². The fourth-order valence-electron chi connectivity index (χ4n) is 12.8. The van der Waals surface area contributed by atoms with Crippen LogP contribution in [-0.4, -0.2) is 77.7 Å². The summed E-state index contributed by atoms with van der Waals surface area (Å²) < 4.78 is 16.2. The second kappa shape index (κ2) is 36.1. The first kappa shape index (κ1) is 74.6. The van der Waals surface area contributed by atoms with Gasteiger partial charge in [-0.05, 0) is 228 Å². The number of rotatable bonds is 18. The van der Waals surface area contributed by atoms with Gasteiger partial charge in [0.1, 0.15) is 17.2 Å². The molecule has 0 radical (unpaired) electrons. The molecule has 0 spiro atoms. The van der Waals surface area contributed by atoms with Gasteiger partial charge in [-0.1, -0.05) is 146 Å². The zero-order valence-electron chi connectivity index (χ0n) is 62.4. The lowest BCUT2D eigenvalue weighted by Crippen LogP contribution is -2.12. The van der Waals surface area contributed by atoms with E-state index in [4.69, 9.17) is 29.2 Å². The molecule has 0 aliphatic carbocycles. The topological polar surface area (TPSA) is 234 Å². The summed E-state index contributed by atoms with van der Waals surface area (Å²) in [6.45, 7) is 0. The molecule has 0 aliphatic rings. The number of aromatic nitrogens is 12. The van der Waals surface area contributed by atoms with Crippen LogP contribution in [0.25, 0.3) is 134 Å². The van der Waals surface area contributed by atoms with Crippen molar-refractivity contribution in [2.45, 2.75) is 0 Å². The Balaban J connectivity index is 0.000000133. The number of pyridine rings is 9. The summed E-state index contributed by atoms with van der Waals surface area (Å²) in [6.07, 6.45) is 30.5. The number of ether oxygens (including phenoxy) is 3. The van der Waals surface area contributed by atoms with E-state index in [1.807, 2.05) is 110 Å². The van der Waals surface area contributed by atoms with Gasteiger partial charge in [0, 0.05) is 146 Å². The fourth-order valence-corrected chi connectivity index (χ4v) is 12.8. The third kappa shape index (κ3) is 18.9. The molecule has 0 saturated carbocycles. The van der Waals surface area contributed by atoms with Crippen molar-refractivity contribution in [3.05, 3.63) is 419 Å². The van der Waals surface area contributed by atoms with Gasteiger partial charge in [0.05, 0.1) is 16.7 Å². The minimum Gasteiger partial charge on any atom is -0.423 e. The van der Waals surface area contributed by atoms with E-state index in [1.54, 1.807) is 37.2 Å². The Morgan fingerprint density at radius 2 is 0.291 bits per heavy atom. The van der Waals surface area contributed by atoms with E-state index < -0.39 is 17.9 Å². The van der Waals surface area contributed by atoms with Gasteiger partial charge < -0.3 is 14.2 Å².